The minimum absolute atomic E-state index is 0.0000103. The standard InChI is InChI=1S/C24H37N5O4/c1-17(2)13-20(24(31)27-14-18-7-3-4-8-18)28-21-16-25-19(15-26-21)10-11-22(30)29-33-23-9-5-6-12-32-23/h10-11,15-18,20,23H,3-9,12-14H2,1-2H3,(H,26,28)(H,27,31)(H,29,30)/t20-,23?/m1/s1. The van der Waals surface area contributed by atoms with E-state index in [4.69, 9.17) is 9.57 Å². The zero-order valence-corrected chi connectivity index (χ0v) is 19.7. The number of anilines is 1. The Balaban J connectivity index is 1.47. The van der Waals surface area contributed by atoms with Crippen LogP contribution in [0.4, 0.5) is 5.82 Å². The van der Waals surface area contributed by atoms with Gasteiger partial charge in [-0.15, -0.1) is 0 Å². The van der Waals surface area contributed by atoms with Crippen LogP contribution in [0.5, 0.6) is 0 Å². The minimum Gasteiger partial charge on any atom is -0.357 e. The third-order valence-electron chi connectivity index (χ3n) is 5.89. The third-order valence-corrected chi connectivity index (χ3v) is 5.89. The molecule has 1 saturated carbocycles. The zero-order chi connectivity index (χ0) is 23.5. The van der Waals surface area contributed by atoms with Crippen LogP contribution in [-0.2, 0) is 19.2 Å². The first kappa shape index (κ1) is 25.1. The number of nitrogens with one attached hydrogen (secondary N) is 3. The molecule has 1 unspecified atom stereocenters. The molecule has 3 rings (SSSR count). The van der Waals surface area contributed by atoms with E-state index >= 15 is 0 Å². The number of amides is 2. The summed E-state index contributed by atoms with van der Waals surface area (Å²) >= 11 is 0. The molecule has 1 saturated heterocycles. The Kier molecular flexibility index (Phi) is 10.1. The first-order valence-electron chi connectivity index (χ1n) is 12.1. The van der Waals surface area contributed by atoms with Crippen LogP contribution in [0.15, 0.2) is 18.5 Å². The molecule has 0 radical (unpaired) electrons. The lowest BCUT2D eigenvalue weighted by Crippen LogP contribution is -2.42. The van der Waals surface area contributed by atoms with Gasteiger partial charge in [0.2, 0.25) is 5.91 Å². The van der Waals surface area contributed by atoms with Crippen molar-refractivity contribution in [3.05, 3.63) is 24.2 Å². The first-order valence-corrected chi connectivity index (χ1v) is 12.1. The van der Waals surface area contributed by atoms with Crippen LogP contribution in [0.25, 0.3) is 6.08 Å². The number of rotatable bonds is 11. The molecule has 2 atom stereocenters. The van der Waals surface area contributed by atoms with E-state index in [0.717, 1.165) is 25.8 Å². The maximum atomic E-state index is 12.8. The number of hydrogen-bond donors (Lipinski definition) is 3. The van der Waals surface area contributed by atoms with Gasteiger partial charge in [0.1, 0.15) is 11.9 Å². The van der Waals surface area contributed by atoms with E-state index in [9.17, 15) is 9.59 Å². The molecule has 1 aromatic rings. The number of aromatic nitrogens is 2. The largest absolute Gasteiger partial charge is 0.357 e. The van der Waals surface area contributed by atoms with Crippen molar-refractivity contribution in [2.45, 2.75) is 77.5 Å². The Hall–Kier alpha value is -2.52. The number of ether oxygens (including phenoxy) is 1. The molecule has 9 nitrogen and oxygen atoms in total. The van der Waals surface area contributed by atoms with Gasteiger partial charge in [0.25, 0.3) is 5.91 Å². The molecule has 2 aliphatic rings. The van der Waals surface area contributed by atoms with Gasteiger partial charge in [-0.1, -0.05) is 26.7 Å². The fourth-order valence-electron chi connectivity index (χ4n) is 4.09. The van der Waals surface area contributed by atoms with Crippen molar-refractivity contribution < 1.29 is 19.2 Å². The molecule has 9 heteroatoms. The molecule has 3 N–H and O–H groups in total. The first-order chi connectivity index (χ1) is 16.0. The van der Waals surface area contributed by atoms with Gasteiger partial charge in [-0.3, -0.25) is 14.6 Å². The predicted molar refractivity (Wildman–Crippen MR) is 126 cm³/mol. The van der Waals surface area contributed by atoms with Crippen LogP contribution >= 0.6 is 0 Å². The highest BCUT2D eigenvalue weighted by atomic mass is 16.8. The van der Waals surface area contributed by atoms with E-state index in [1.807, 2.05) is 0 Å². The summed E-state index contributed by atoms with van der Waals surface area (Å²) in [4.78, 5) is 38.6. The molecule has 182 valence electrons. The molecule has 0 aromatic carbocycles. The molecular weight excluding hydrogens is 422 g/mol. The maximum absolute atomic E-state index is 12.8. The SMILES string of the molecule is CC(C)C[C@@H](Nc1cnc(C=CC(=O)NOC2CCCCO2)cn1)C(=O)NCC1CCCC1. The van der Waals surface area contributed by atoms with E-state index < -0.39 is 12.2 Å². The highest BCUT2D eigenvalue weighted by molar-refractivity contribution is 5.90. The van der Waals surface area contributed by atoms with Gasteiger partial charge in [0.05, 0.1) is 18.1 Å². The fourth-order valence-corrected chi connectivity index (χ4v) is 4.09. The summed E-state index contributed by atoms with van der Waals surface area (Å²) in [7, 11) is 0. The van der Waals surface area contributed by atoms with Crippen molar-refractivity contribution in [3.8, 4) is 0 Å². The topological polar surface area (TPSA) is 114 Å². The van der Waals surface area contributed by atoms with Gasteiger partial charge in [0, 0.05) is 25.6 Å². The predicted octanol–water partition coefficient (Wildman–Crippen LogP) is 3.20. The van der Waals surface area contributed by atoms with Gasteiger partial charge in [-0.05, 0) is 50.0 Å². The van der Waals surface area contributed by atoms with Crippen LogP contribution in [-0.4, -0.2) is 47.3 Å². The molecule has 2 fully saturated rings. The Morgan fingerprint density at radius 3 is 2.61 bits per heavy atom. The molecule has 0 bridgehead atoms. The zero-order valence-electron chi connectivity index (χ0n) is 19.7. The Bertz CT molecular complexity index is 772. The van der Waals surface area contributed by atoms with Crippen LogP contribution in [0.1, 0.15) is 70.9 Å². The third kappa shape index (κ3) is 9.09. The number of nitrogens with zero attached hydrogens (tertiary/aromatic N) is 2. The van der Waals surface area contributed by atoms with Gasteiger partial charge < -0.3 is 15.4 Å². The van der Waals surface area contributed by atoms with Crippen molar-refractivity contribution in [1.82, 2.24) is 20.8 Å². The molecule has 33 heavy (non-hydrogen) atoms. The molecule has 1 aliphatic heterocycles. The smallest absolute Gasteiger partial charge is 0.267 e. The average Bonchev–Trinajstić information content (AvgIpc) is 3.34. The average molecular weight is 460 g/mol. The van der Waals surface area contributed by atoms with Crippen molar-refractivity contribution in [2.24, 2.45) is 11.8 Å². The second kappa shape index (κ2) is 13.3. The Morgan fingerprint density at radius 1 is 1.15 bits per heavy atom. The van der Waals surface area contributed by atoms with E-state index in [2.05, 4.69) is 39.9 Å². The summed E-state index contributed by atoms with van der Waals surface area (Å²) in [5.41, 5.74) is 2.89. The highest BCUT2D eigenvalue weighted by Crippen LogP contribution is 2.24. The summed E-state index contributed by atoms with van der Waals surface area (Å²) in [5, 5.41) is 6.32. The van der Waals surface area contributed by atoms with E-state index in [0.29, 0.717) is 36.4 Å². The molecule has 1 aliphatic carbocycles. The molecule has 2 amide bonds. The van der Waals surface area contributed by atoms with Gasteiger partial charge in [0.15, 0.2) is 6.29 Å². The molecule has 2 heterocycles. The van der Waals surface area contributed by atoms with Crippen molar-refractivity contribution in [3.63, 3.8) is 0 Å². The lowest BCUT2D eigenvalue weighted by atomic mass is 10.0. The summed E-state index contributed by atoms with van der Waals surface area (Å²) in [6.07, 6.45) is 14.0. The summed E-state index contributed by atoms with van der Waals surface area (Å²) < 4.78 is 5.40. The number of hydroxylamine groups is 1. The lowest BCUT2D eigenvalue weighted by molar-refractivity contribution is -0.198. The molecule has 0 spiro atoms. The Morgan fingerprint density at radius 2 is 1.94 bits per heavy atom. The number of hydrogen-bond acceptors (Lipinski definition) is 7. The summed E-state index contributed by atoms with van der Waals surface area (Å²) in [5.74, 6) is 1.08. The molecular formula is C24H37N5O4. The van der Waals surface area contributed by atoms with Gasteiger partial charge in [-0.2, -0.15) is 0 Å². The van der Waals surface area contributed by atoms with Crippen LogP contribution < -0.4 is 16.1 Å². The van der Waals surface area contributed by atoms with Gasteiger partial charge >= 0.3 is 0 Å². The second-order valence-electron chi connectivity index (χ2n) is 9.26. The van der Waals surface area contributed by atoms with Crippen molar-refractivity contribution >= 4 is 23.7 Å². The highest BCUT2D eigenvalue weighted by Gasteiger charge is 2.22. The second-order valence-corrected chi connectivity index (χ2v) is 9.26. The van der Waals surface area contributed by atoms with E-state index in [1.165, 1.54) is 31.8 Å². The van der Waals surface area contributed by atoms with Crippen LogP contribution in [0.2, 0.25) is 0 Å². The maximum Gasteiger partial charge on any atom is 0.267 e. The lowest BCUT2D eigenvalue weighted by Gasteiger charge is -2.21. The van der Waals surface area contributed by atoms with E-state index in [-0.39, 0.29) is 11.9 Å². The van der Waals surface area contributed by atoms with E-state index in [1.54, 1.807) is 18.5 Å². The fraction of sp³-hybridized carbons (Fsp3) is 0.667. The van der Waals surface area contributed by atoms with Gasteiger partial charge in [-0.25, -0.2) is 15.3 Å². The van der Waals surface area contributed by atoms with Crippen LogP contribution in [0.3, 0.4) is 0 Å². The summed E-state index contributed by atoms with van der Waals surface area (Å²) in [6, 6.07) is -0.368. The number of carbonyl (C=O) groups excluding carboxylic acids is 2. The normalized spacial score (nSPS) is 20.2. The van der Waals surface area contributed by atoms with Crippen molar-refractivity contribution in [2.75, 3.05) is 18.5 Å². The van der Waals surface area contributed by atoms with Crippen LogP contribution in [0, 0.1) is 11.8 Å². The number of carbonyl (C=O) groups is 2. The van der Waals surface area contributed by atoms with Crippen molar-refractivity contribution in [1.29, 1.82) is 0 Å². The Labute approximate surface area is 196 Å². The summed E-state index contributed by atoms with van der Waals surface area (Å²) in [6.45, 7) is 5.57. The molecule has 1 aromatic heterocycles. The minimum atomic E-state index is -0.399. The monoisotopic (exact) mass is 459 g/mol. The quantitative estimate of drug-likeness (QED) is 0.344.